The highest BCUT2D eigenvalue weighted by Crippen LogP contribution is 2.26. The van der Waals surface area contributed by atoms with Crippen molar-refractivity contribution in [2.24, 2.45) is 0 Å². The third-order valence-electron chi connectivity index (χ3n) is 5.36. The van der Waals surface area contributed by atoms with Crippen LogP contribution in [0.4, 0.5) is 11.6 Å². The molecule has 0 radical (unpaired) electrons. The zero-order valence-corrected chi connectivity index (χ0v) is 18.3. The fourth-order valence-corrected chi connectivity index (χ4v) is 3.82. The first-order chi connectivity index (χ1) is 14.9. The van der Waals surface area contributed by atoms with Gasteiger partial charge in [-0.05, 0) is 44.9 Å². The van der Waals surface area contributed by atoms with E-state index >= 15 is 0 Å². The normalized spacial score (nSPS) is 14.6. The molecule has 1 saturated heterocycles. The van der Waals surface area contributed by atoms with Crippen LogP contribution in [0.25, 0.3) is 17.2 Å². The molecule has 0 bridgehead atoms. The van der Waals surface area contributed by atoms with Crippen molar-refractivity contribution in [3.05, 3.63) is 41.9 Å². The fraction of sp³-hybridized carbons (Fsp3) is 0.409. The maximum absolute atomic E-state index is 11.7. The summed E-state index contributed by atoms with van der Waals surface area (Å²) in [4.78, 5) is 27.7. The molecule has 31 heavy (non-hydrogen) atoms. The minimum absolute atomic E-state index is 0.194. The van der Waals surface area contributed by atoms with Crippen LogP contribution in [0.1, 0.15) is 31.2 Å². The molecule has 9 nitrogen and oxygen atoms in total. The van der Waals surface area contributed by atoms with Crippen LogP contribution in [0.3, 0.4) is 0 Å². The number of amides is 1. The van der Waals surface area contributed by atoms with Gasteiger partial charge in [0.2, 0.25) is 5.91 Å². The van der Waals surface area contributed by atoms with Crippen molar-refractivity contribution in [2.75, 3.05) is 30.4 Å². The summed E-state index contributed by atoms with van der Waals surface area (Å²) in [6.45, 7) is 7.12. The van der Waals surface area contributed by atoms with Gasteiger partial charge in [-0.2, -0.15) is 10.1 Å². The Morgan fingerprint density at radius 3 is 2.58 bits per heavy atom. The lowest BCUT2D eigenvalue weighted by Crippen LogP contribution is -2.37. The number of hydrogen-bond acceptors (Lipinski definition) is 7. The molecule has 9 heteroatoms. The zero-order chi connectivity index (χ0) is 22.0. The smallest absolute Gasteiger partial charge is 0.253 e. The van der Waals surface area contributed by atoms with Gasteiger partial charge in [-0.15, -0.1) is 0 Å². The van der Waals surface area contributed by atoms with E-state index in [0.29, 0.717) is 23.6 Å². The molecule has 0 aliphatic carbocycles. The number of aromatic nitrogens is 5. The molecule has 162 valence electrons. The van der Waals surface area contributed by atoms with E-state index in [4.69, 9.17) is 9.72 Å². The average molecular weight is 422 g/mol. The molecule has 3 aromatic heterocycles. The summed E-state index contributed by atoms with van der Waals surface area (Å²) >= 11 is 0. The Morgan fingerprint density at radius 1 is 1.16 bits per heavy atom. The molecule has 0 saturated carbocycles. The lowest BCUT2D eigenvalue weighted by Gasteiger charge is -2.32. The van der Waals surface area contributed by atoms with Crippen LogP contribution in [0.15, 0.2) is 30.5 Å². The monoisotopic (exact) mass is 421 g/mol. The number of anilines is 2. The highest BCUT2D eigenvalue weighted by molar-refractivity contribution is 5.88. The Labute approximate surface area is 181 Å². The molecular weight excluding hydrogens is 394 g/mol. The number of hydrogen-bond donors (Lipinski definition) is 1. The minimum atomic E-state index is -0.194. The second-order valence-electron chi connectivity index (χ2n) is 7.78. The lowest BCUT2D eigenvalue weighted by atomic mass is 10.1. The Morgan fingerprint density at radius 2 is 1.94 bits per heavy atom. The average Bonchev–Trinajstić information content (AvgIpc) is 3.11. The largest absolute Gasteiger partial charge is 0.381 e. The van der Waals surface area contributed by atoms with Crippen molar-refractivity contribution in [3.8, 4) is 17.2 Å². The van der Waals surface area contributed by atoms with Gasteiger partial charge in [-0.25, -0.2) is 14.6 Å². The first-order valence-corrected chi connectivity index (χ1v) is 10.4. The number of aryl methyl sites for hydroxylation is 2. The molecule has 0 spiro atoms. The van der Waals surface area contributed by atoms with Crippen molar-refractivity contribution >= 4 is 17.5 Å². The number of carbonyl (C=O) groups excluding carboxylic acids is 1. The highest BCUT2D eigenvalue weighted by atomic mass is 16.5. The Hall–Kier alpha value is -3.33. The molecule has 1 fully saturated rings. The van der Waals surface area contributed by atoms with Gasteiger partial charge >= 0.3 is 0 Å². The SMILES string of the molecule is COC1CCN(c2cc(-c3cc(NC(C)=O)nc(-n4nc(C)cc4C)n3)ccn2)CC1. The topological polar surface area (TPSA) is 98.1 Å². The molecule has 0 aromatic carbocycles. The molecule has 4 heterocycles. The van der Waals surface area contributed by atoms with Crippen molar-refractivity contribution in [2.45, 2.75) is 39.7 Å². The number of nitrogens with one attached hydrogen (secondary N) is 1. The number of pyridine rings is 1. The van der Waals surface area contributed by atoms with Crippen LogP contribution < -0.4 is 10.2 Å². The Balaban J connectivity index is 1.71. The van der Waals surface area contributed by atoms with Crippen molar-refractivity contribution < 1.29 is 9.53 Å². The van der Waals surface area contributed by atoms with Crippen molar-refractivity contribution in [1.82, 2.24) is 24.7 Å². The van der Waals surface area contributed by atoms with Crippen molar-refractivity contribution in [3.63, 3.8) is 0 Å². The fourth-order valence-electron chi connectivity index (χ4n) is 3.82. The number of piperidine rings is 1. The summed E-state index contributed by atoms with van der Waals surface area (Å²) in [6.07, 6.45) is 4.05. The number of carbonyl (C=O) groups is 1. The van der Waals surface area contributed by atoms with Crippen LogP contribution in [0.2, 0.25) is 0 Å². The summed E-state index contributed by atoms with van der Waals surface area (Å²) in [5.74, 6) is 1.55. The van der Waals surface area contributed by atoms with E-state index in [1.807, 2.05) is 32.0 Å². The molecule has 1 amide bonds. The van der Waals surface area contributed by atoms with Crippen LogP contribution in [-0.4, -0.2) is 56.9 Å². The van der Waals surface area contributed by atoms with E-state index in [9.17, 15) is 4.79 Å². The molecule has 1 aliphatic heterocycles. The number of methoxy groups -OCH3 is 1. The molecule has 0 atom stereocenters. The third-order valence-corrected chi connectivity index (χ3v) is 5.36. The second-order valence-corrected chi connectivity index (χ2v) is 7.78. The summed E-state index contributed by atoms with van der Waals surface area (Å²) < 4.78 is 7.16. The maximum Gasteiger partial charge on any atom is 0.253 e. The van der Waals surface area contributed by atoms with Gasteiger partial charge in [0.15, 0.2) is 0 Å². The van der Waals surface area contributed by atoms with E-state index in [0.717, 1.165) is 48.7 Å². The quantitative estimate of drug-likeness (QED) is 0.676. The molecule has 0 unspecified atom stereocenters. The van der Waals surface area contributed by atoms with Gasteiger partial charge in [0.1, 0.15) is 11.6 Å². The standard InChI is InChI=1S/C22H27N7O2/c1-14-11-15(2)29(27-14)22-25-19(13-20(26-22)24-16(3)30)17-5-8-23-21(12-17)28-9-6-18(31-4)7-10-28/h5,8,11-13,18H,6-7,9-10H2,1-4H3,(H,24,25,26,30). The first kappa shape index (κ1) is 20.9. The first-order valence-electron chi connectivity index (χ1n) is 10.4. The minimum Gasteiger partial charge on any atom is -0.381 e. The summed E-state index contributed by atoms with van der Waals surface area (Å²) in [6, 6.07) is 7.67. The Kier molecular flexibility index (Phi) is 5.94. The second kappa shape index (κ2) is 8.81. The third kappa shape index (κ3) is 4.72. The summed E-state index contributed by atoms with van der Waals surface area (Å²) in [5, 5.41) is 7.26. The predicted octanol–water partition coefficient (Wildman–Crippen LogP) is 2.91. The van der Waals surface area contributed by atoms with Crippen LogP contribution >= 0.6 is 0 Å². The summed E-state index contributed by atoms with van der Waals surface area (Å²) in [5.41, 5.74) is 3.38. The number of rotatable bonds is 5. The zero-order valence-electron chi connectivity index (χ0n) is 18.3. The van der Waals surface area contributed by atoms with Crippen LogP contribution in [0, 0.1) is 13.8 Å². The predicted molar refractivity (Wildman–Crippen MR) is 118 cm³/mol. The van der Waals surface area contributed by atoms with Gasteiger partial charge in [-0.1, -0.05) is 0 Å². The van der Waals surface area contributed by atoms with Crippen LogP contribution in [-0.2, 0) is 9.53 Å². The van der Waals surface area contributed by atoms with Gasteiger partial charge in [0.05, 0.1) is 17.5 Å². The number of ether oxygens (including phenoxy) is 1. The van der Waals surface area contributed by atoms with E-state index < -0.39 is 0 Å². The highest BCUT2D eigenvalue weighted by Gasteiger charge is 2.20. The van der Waals surface area contributed by atoms with Gasteiger partial charge in [0.25, 0.3) is 5.95 Å². The molecule has 4 rings (SSSR count). The molecule has 1 N–H and O–H groups in total. The lowest BCUT2D eigenvalue weighted by molar-refractivity contribution is -0.114. The molecule has 1 aliphatic rings. The Bertz CT molecular complexity index is 1090. The van der Waals surface area contributed by atoms with Crippen LogP contribution in [0.5, 0.6) is 0 Å². The number of nitrogens with zero attached hydrogens (tertiary/aromatic N) is 6. The van der Waals surface area contributed by atoms with Gasteiger partial charge < -0.3 is 15.0 Å². The summed E-state index contributed by atoms with van der Waals surface area (Å²) in [7, 11) is 1.77. The van der Waals surface area contributed by atoms with E-state index in [2.05, 4.69) is 25.3 Å². The van der Waals surface area contributed by atoms with E-state index in [1.54, 1.807) is 24.1 Å². The molecular formula is C22H27N7O2. The van der Waals surface area contributed by atoms with Gasteiger partial charge in [0, 0.05) is 50.6 Å². The van der Waals surface area contributed by atoms with E-state index in [1.165, 1.54) is 6.92 Å². The van der Waals surface area contributed by atoms with Crippen molar-refractivity contribution in [1.29, 1.82) is 0 Å². The molecule has 3 aromatic rings. The maximum atomic E-state index is 11.7. The van der Waals surface area contributed by atoms with Gasteiger partial charge in [-0.3, -0.25) is 4.79 Å². The van der Waals surface area contributed by atoms with E-state index in [-0.39, 0.29) is 5.91 Å².